The van der Waals surface area contributed by atoms with E-state index in [1.54, 1.807) is 21.0 Å². The van der Waals surface area contributed by atoms with Gasteiger partial charge in [0.15, 0.2) is 11.3 Å². The lowest BCUT2D eigenvalue weighted by Gasteiger charge is -2.37. The molecule has 6 nitrogen and oxygen atoms in total. The number of fused-ring (bicyclic) bond motifs is 1. The van der Waals surface area contributed by atoms with E-state index in [0.717, 1.165) is 17.0 Å². The Morgan fingerprint density at radius 2 is 2.17 bits per heavy atom. The zero-order valence-corrected chi connectivity index (χ0v) is 14.6. The van der Waals surface area contributed by atoms with Crippen molar-refractivity contribution < 1.29 is 19.4 Å². The second-order valence-corrected chi connectivity index (χ2v) is 6.72. The number of ether oxygens (including phenoxy) is 2. The molecular weight excluding hydrogens is 308 g/mol. The van der Waals surface area contributed by atoms with Crippen molar-refractivity contribution in [1.82, 2.24) is 4.90 Å². The van der Waals surface area contributed by atoms with Crippen LogP contribution in [0.1, 0.15) is 33.6 Å². The highest BCUT2D eigenvalue weighted by Crippen LogP contribution is 2.40. The first-order valence-corrected chi connectivity index (χ1v) is 8.26. The molecule has 1 saturated heterocycles. The fourth-order valence-electron chi connectivity index (χ4n) is 3.36. The van der Waals surface area contributed by atoms with Crippen LogP contribution in [0, 0.1) is 5.92 Å². The number of aliphatic hydroxyl groups is 1. The van der Waals surface area contributed by atoms with Crippen LogP contribution in [0.2, 0.25) is 0 Å². The quantitative estimate of drug-likeness (QED) is 0.840. The lowest BCUT2D eigenvalue weighted by molar-refractivity contribution is -0.137. The summed E-state index contributed by atoms with van der Waals surface area (Å²) in [6.45, 7) is 5.68. The molecule has 3 atom stereocenters. The van der Waals surface area contributed by atoms with E-state index in [0.29, 0.717) is 19.4 Å². The standard InChI is InChI=1S/C18H24N2O4/c1-5-17(2)18(3,22)20(16(21)24-17)9-8-12-11-19-15-7-6-13(23-4)10-14(12)15/h6-7,10-11,14,22H,5,8-9H2,1-4H3/t14-,17+,18-/m1/s1. The van der Waals surface area contributed by atoms with E-state index >= 15 is 0 Å². The van der Waals surface area contributed by atoms with Gasteiger partial charge in [0.1, 0.15) is 5.76 Å². The highest BCUT2D eigenvalue weighted by atomic mass is 16.6. The van der Waals surface area contributed by atoms with Gasteiger partial charge in [0, 0.05) is 18.7 Å². The summed E-state index contributed by atoms with van der Waals surface area (Å²) in [6.07, 6.45) is 8.39. The first kappa shape index (κ1) is 16.8. The monoisotopic (exact) mass is 332 g/mol. The summed E-state index contributed by atoms with van der Waals surface area (Å²) in [7, 11) is 1.64. The van der Waals surface area contributed by atoms with Crippen molar-refractivity contribution >= 4 is 11.8 Å². The maximum atomic E-state index is 12.2. The minimum Gasteiger partial charge on any atom is -0.497 e. The van der Waals surface area contributed by atoms with Gasteiger partial charge in [0.25, 0.3) is 0 Å². The molecule has 3 rings (SSSR count). The van der Waals surface area contributed by atoms with Gasteiger partial charge in [-0.25, -0.2) is 4.79 Å². The van der Waals surface area contributed by atoms with Crippen LogP contribution in [-0.2, 0) is 9.47 Å². The van der Waals surface area contributed by atoms with E-state index in [4.69, 9.17) is 9.47 Å². The Bertz CT molecular complexity index is 675. The number of carbonyl (C=O) groups is 1. The molecule has 0 radical (unpaired) electrons. The molecule has 130 valence electrons. The Hall–Kier alpha value is -2.08. The summed E-state index contributed by atoms with van der Waals surface area (Å²) in [5, 5.41) is 10.8. The molecule has 2 aliphatic heterocycles. The Morgan fingerprint density at radius 3 is 2.79 bits per heavy atom. The topological polar surface area (TPSA) is 71.4 Å². The maximum Gasteiger partial charge on any atom is 0.412 e. The van der Waals surface area contributed by atoms with Gasteiger partial charge in [-0.15, -0.1) is 0 Å². The van der Waals surface area contributed by atoms with Crippen LogP contribution in [0.4, 0.5) is 4.79 Å². The second kappa shape index (κ2) is 5.77. The average molecular weight is 332 g/mol. The minimum atomic E-state index is -1.33. The Morgan fingerprint density at radius 1 is 1.42 bits per heavy atom. The number of carbonyl (C=O) groups excluding carboxylic acids is 1. The van der Waals surface area contributed by atoms with Crippen molar-refractivity contribution in [2.75, 3.05) is 13.7 Å². The third kappa shape index (κ3) is 2.45. The van der Waals surface area contributed by atoms with Crippen molar-refractivity contribution in [2.45, 2.75) is 44.9 Å². The number of aliphatic imine (C=N–C) groups is 1. The summed E-state index contributed by atoms with van der Waals surface area (Å²) < 4.78 is 10.7. The second-order valence-electron chi connectivity index (χ2n) is 6.72. The van der Waals surface area contributed by atoms with E-state index in [2.05, 4.69) is 4.99 Å². The zero-order valence-electron chi connectivity index (χ0n) is 14.6. The van der Waals surface area contributed by atoms with Crippen molar-refractivity contribution in [3.63, 3.8) is 0 Å². The number of methoxy groups -OCH3 is 1. The first-order valence-electron chi connectivity index (χ1n) is 8.26. The first-order chi connectivity index (χ1) is 11.3. The molecule has 1 fully saturated rings. The normalized spacial score (nSPS) is 34.5. The smallest absolute Gasteiger partial charge is 0.412 e. The molecule has 0 aromatic rings. The van der Waals surface area contributed by atoms with Gasteiger partial charge in [0.05, 0.1) is 12.8 Å². The molecule has 0 spiro atoms. The fourth-order valence-corrected chi connectivity index (χ4v) is 3.36. The highest BCUT2D eigenvalue weighted by molar-refractivity contribution is 6.03. The molecule has 0 unspecified atom stereocenters. The number of rotatable bonds is 5. The number of nitrogens with zero attached hydrogens (tertiary/aromatic N) is 2. The molecule has 6 heteroatoms. The summed E-state index contributed by atoms with van der Waals surface area (Å²) in [5.41, 5.74) is -0.161. The Kier molecular flexibility index (Phi) is 4.03. The lowest BCUT2D eigenvalue weighted by Crippen LogP contribution is -2.55. The van der Waals surface area contributed by atoms with Crippen LogP contribution in [0.3, 0.4) is 0 Å². The summed E-state index contributed by atoms with van der Waals surface area (Å²) in [5.74, 6) is 0.879. The minimum absolute atomic E-state index is 0.0751. The number of hydrogen-bond acceptors (Lipinski definition) is 5. The average Bonchev–Trinajstić information content (AvgIpc) is 3.03. The third-order valence-electron chi connectivity index (χ3n) is 5.44. The van der Waals surface area contributed by atoms with Gasteiger partial charge >= 0.3 is 6.09 Å². The van der Waals surface area contributed by atoms with Gasteiger partial charge < -0.3 is 14.6 Å². The Labute approximate surface area is 142 Å². The lowest BCUT2D eigenvalue weighted by atomic mass is 9.88. The predicted molar refractivity (Wildman–Crippen MR) is 90.4 cm³/mol. The third-order valence-corrected chi connectivity index (χ3v) is 5.44. The molecular formula is C18H24N2O4. The molecule has 1 N–H and O–H groups in total. The van der Waals surface area contributed by atoms with Crippen LogP contribution in [0.5, 0.6) is 0 Å². The van der Waals surface area contributed by atoms with Gasteiger partial charge in [-0.2, -0.15) is 0 Å². The number of amides is 1. The molecule has 0 saturated carbocycles. The van der Waals surface area contributed by atoms with E-state index in [1.165, 1.54) is 4.90 Å². The molecule has 0 aromatic heterocycles. The van der Waals surface area contributed by atoms with Gasteiger partial charge in [0.2, 0.25) is 0 Å². The van der Waals surface area contributed by atoms with E-state index < -0.39 is 17.4 Å². The van der Waals surface area contributed by atoms with E-state index in [-0.39, 0.29) is 5.92 Å². The van der Waals surface area contributed by atoms with Crippen LogP contribution < -0.4 is 0 Å². The van der Waals surface area contributed by atoms with Gasteiger partial charge in [-0.3, -0.25) is 9.89 Å². The molecule has 1 amide bonds. The van der Waals surface area contributed by atoms with Crippen molar-refractivity contribution in [1.29, 1.82) is 0 Å². The predicted octanol–water partition coefficient (Wildman–Crippen LogP) is 2.76. The van der Waals surface area contributed by atoms with Crippen LogP contribution in [-0.4, -0.2) is 46.8 Å². The van der Waals surface area contributed by atoms with Crippen molar-refractivity contribution in [3.8, 4) is 0 Å². The largest absolute Gasteiger partial charge is 0.497 e. The maximum absolute atomic E-state index is 12.2. The summed E-state index contributed by atoms with van der Waals surface area (Å²) in [4.78, 5) is 18.0. The summed E-state index contributed by atoms with van der Waals surface area (Å²) in [6, 6.07) is 0. The molecule has 24 heavy (non-hydrogen) atoms. The number of cyclic esters (lactones) is 1. The SMILES string of the molecule is CC[C@]1(C)OC(=O)N(CCC2=CN=C3C=CC(OC)=C[C@H]23)[C@]1(C)O. The molecule has 0 bridgehead atoms. The number of hydrogen-bond donors (Lipinski definition) is 1. The van der Waals surface area contributed by atoms with Crippen LogP contribution in [0.25, 0.3) is 0 Å². The van der Waals surface area contributed by atoms with E-state index in [9.17, 15) is 9.90 Å². The van der Waals surface area contributed by atoms with Crippen molar-refractivity contribution in [3.05, 3.63) is 35.8 Å². The summed E-state index contributed by atoms with van der Waals surface area (Å²) >= 11 is 0. The van der Waals surface area contributed by atoms with Crippen LogP contribution in [0.15, 0.2) is 40.8 Å². The van der Waals surface area contributed by atoms with Crippen molar-refractivity contribution in [2.24, 2.45) is 10.9 Å². The molecule has 2 heterocycles. The molecule has 1 aliphatic carbocycles. The zero-order chi connectivity index (χ0) is 17.5. The number of allylic oxidation sites excluding steroid dienone is 3. The van der Waals surface area contributed by atoms with E-state index in [1.807, 2.05) is 31.4 Å². The molecule has 3 aliphatic rings. The van der Waals surface area contributed by atoms with Crippen LogP contribution >= 0.6 is 0 Å². The Balaban J connectivity index is 1.70. The van der Waals surface area contributed by atoms with Gasteiger partial charge in [-0.1, -0.05) is 6.92 Å². The highest BCUT2D eigenvalue weighted by Gasteiger charge is 2.58. The van der Waals surface area contributed by atoms with Gasteiger partial charge in [-0.05, 0) is 50.5 Å². The fraction of sp³-hybridized carbons (Fsp3) is 0.556. The molecule has 0 aromatic carbocycles.